The molecule has 0 saturated heterocycles. The SMILES string of the molecule is Cn1c2c(cc(O)c1=O)-c1cccc3c1C(C2)CN3C(=O)c1ccccc1. The summed E-state index contributed by atoms with van der Waals surface area (Å²) in [6, 6.07) is 16.8. The third kappa shape index (κ3) is 2.18. The number of aromatic hydroxyl groups is 1. The summed E-state index contributed by atoms with van der Waals surface area (Å²) in [6.07, 6.45) is 0.671. The lowest BCUT2D eigenvalue weighted by Gasteiger charge is -2.25. The van der Waals surface area contributed by atoms with Crippen LogP contribution in [0.15, 0.2) is 59.4 Å². The van der Waals surface area contributed by atoms with E-state index in [1.54, 1.807) is 13.1 Å². The van der Waals surface area contributed by atoms with Gasteiger partial charge in [-0.25, -0.2) is 0 Å². The van der Waals surface area contributed by atoms with Crippen molar-refractivity contribution in [1.29, 1.82) is 0 Å². The molecule has 0 spiro atoms. The first-order valence-corrected chi connectivity index (χ1v) is 8.98. The first kappa shape index (κ1) is 15.9. The highest BCUT2D eigenvalue weighted by molar-refractivity contribution is 6.08. The molecule has 5 rings (SSSR count). The van der Waals surface area contributed by atoms with E-state index in [1.165, 1.54) is 4.57 Å². The van der Waals surface area contributed by atoms with Crippen molar-refractivity contribution in [2.75, 3.05) is 11.4 Å². The van der Waals surface area contributed by atoms with Crippen molar-refractivity contribution < 1.29 is 9.90 Å². The fourth-order valence-electron chi connectivity index (χ4n) is 4.43. The van der Waals surface area contributed by atoms with E-state index in [0.29, 0.717) is 18.5 Å². The topological polar surface area (TPSA) is 62.5 Å². The number of carbonyl (C=O) groups is 1. The van der Waals surface area contributed by atoms with Gasteiger partial charge in [0.05, 0.1) is 0 Å². The van der Waals surface area contributed by atoms with Gasteiger partial charge in [-0.2, -0.15) is 0 Å². The summed E-state index contributed by atoms with van der Waals surface area (Å²) in [5.74, 6) is -0.117. The summed E-state index contributed by atoms with van der Waals surface area (Å²) >= 11 is 0. The number of fused-ring (bicyclic) bond motifs is 2. The fraction of sp³-hybridized carbons (Fsp3) is 0.182. The molecule has 5 heteroatoms. The fourth-order valence-corrected chi connectivity index (χ4v) is 4.43. The Morgan fingerprint density at radius 2 is 1.85 bits per heavy atom. The molecule has 1 atom stereocenters. The molecule has 2 aliphatic rings. The van der Waals surface area contributed by atoms with Crippen LogP contribution >= 0.6 is 0 Å². The minimum absolute atomic E-state index is 0.0146. The lowest BCUT2D eigenvalue weighted by molar-refractivity contribution is 0.0988. The lowest BCUT2D eigenvalue weighted by Crippen LogP contribution is -2.30. The molecule has 0 fully saturated rings. The Morgan fingerprint density at radius 3 is 2.63 bits per heavy atom. The van der Waals surface area contributed by atoms with Gasteiger partial charge in [-0.05, 0) is 41.8 Å². The van der Waals surface area contributed by atoms with E-state index in [2.05, 4.69) is 0 Å². The zero-order valence-corrected chi connectivity index (χ0v) is 14.8. The summed E-state index contributed by atoms with van der Waals surface area (Å²) in [5, 5.41) is 10.0. The maximum absolute atomic E-state index is 13.1. The predicted octanol–water partition coefficient (Wildman–Crippen LogP) is 3.06. The molecule has 2 heterocycles. The van der Waals surface area contributed by atoms with Crippen molar-refractivity contribution in [3.8, 4) is 16.9 Å². The molecule has 1 unspecified atom stereocenters. The molecule has 0 bridgehead atoms. The molecule has 1 N–H and O–H groups in total. The number of hydrogen-bond donors (Lipinski definition) is 1. The largest absolute Gasteiger partial charge is 0.503 e. The summed E-state index contributed by atoms with van der Waals surface area (Å²) in [5.41, 5.74) is 5.10. The monoisotopic (exact) mass is 358 g/mol. The van der Waals surface area contributed by atoms with Crippen LogP contribution in [0.4, 0.5) is 5.69 Å². The molecular formula is C22H18N2O3. The van der Waals surface area contributed by atoms with Crippen LogP contribution in [-0.4, -0.2) is 22.1 Å². The molecule has 0 radical (unpaired) electrons. The lowest BCUT2D eigenvalue weighted by atomic mass is 9.82. The van der Waals surface area contributed by atoms with Crippen molar-refractivity contribution in [2.24, 2.45) is 7.05 Å². The predicted molar refractivity (Wildman–Crippen MR) is 103 cm³/mol. The van der Waals surface area contributed by atoms with Gasteiger partial charge < -0.3 is 14.6 Å². The van der Waals surface area contributed by atoms with Crippen molar-refractivity contribution in [2.45, 2.75) is 12.3 Å². The highest BCUT2D eigenvalue weighted by Crippen LogP contribution is 2.49. The van der Waals surface area contributed by atoms with Crippen LogP contribution in [0.25, 0.3) is 11.1 Å². The standard InChI is InChI=1S/C22H18N2O3/c1-23-18-10-14-12-24(21(26)13-6-3-2-4-7-13)17-9-5-8-15(20(14)17)16(18)11-19(25)22(23)27/h2-9,11,14,25H,10,12H2,1H3. The number of amides is 1. The summed E-state index contributed by atoms with van der Waals surface area (Å²) in [6.45, 7) is 0.592. The second-order valence-electron chi connectivity index (χ2n) is 7.18. The summed E-state index contributed by atoms with van der Waals surface area (Å²) < 4.78 is 1.53. The Labute approximate surface area is 156 Å². The number of nitrogens with zero attached hydrogens (tertiary/aromatic N) is 2. The van der Waals surface area contributed by atoms with E-state index in [1.807, 2.05) is 53.4 Å². The van der Waals surface area contributed by atoms with Crippen LogP contribution in [0.2, 0.25) is 0 Å². The minimum atomic E-state index is -0.386. The number of hydrogen-bond acceptors (Lipinski definition) is 3. The highest BCUT2D eigenvalue weighted by Gasteiger charge is 2.38. The van der Waals surface area contributed by atoms with E-state index in [4.69, 9.17) is 0 Å². The van der Waals surface area contributed by atoms with Gasteiger partial charge in [0.2, 0.25) is 0 Å². The van der Waals surface area contributed by atoms with E-state index in [0.717, 1.165) is 28.1 Å². The maximum Gasteiger partial charge on any atom is 0.292 e. The summed E-state index contributed by atoms with van der Waals surface area (Å²) in [4.78, 5) is 27.1. The van der Waals surface area contributed by atoms with Crippen molar-refractivity contribution in [1.82, 2.24) is 4.57 Å². The van der Waals surface area contributed by atoms with Crippen LogP contribution in [0.3, 0.4) is 0 Å². The number of benzene rings is 2. The molecule has 27 heavy (non-hydrogen) atoms. The van der Waals surface area contributed by atoms with Crippen LogP contribution in [-0.2, 0) is 13.5 Å². The molecule has 1 aliphatic carbocycles. The second kappa shape index (κ2) is 5.58. The molecule has 1 aromatic heterocycles. The Morgan fingerprint density at radius 1 is 1.07 bits per heavy atom. The molecule has 5 nitrogen and oxygen atoms in total. The number of pyridine rings is 1. The molecule has 134 valence electrons. The van der Waals surface area contributed by atoms with Gasteiger partial charge in [-0.3, -0.25) is 9.59 Å². The average molecular weight is 358 g/mol. The molecule has 2 aromatic carbocycles. The quantitative estimate of drug-likeness (QED) is 0.727. The van der Waals surface area contributed by atoms with Gasteiger partial charge in [0.15, 0.2) is 5.75 Å². The first-order valence-electron chi connectivity index (χ1n) is 8.98. The Hall–Kier alpha value is -3.34. The zero-order chi connectivity index (χ0) is 18.7. The first-order chi connectivity index (χ1) is 13.1. The summed E-state index contributed by atoms with van der Waals surface area (Å²) in [7, 11) is 1.69. The van der Waals surface area contributed by atoms with Crippen LogP contribution in [0.1, 0.15) is 27.5 Å². The minimum Gasteiger partial charge on any atom is -0.503 e. The highest BCUT2D eigenvalue weighted by atomic mass is 16.3. The maximum atomic E-state index is 13.1. The van der Waals surface area contributed by atoms with Crippen molar-refractivity contribution >= 4 is 11.6 Å². The van der Waals surface area contributed by atoms with Crippen LogP contribution < -0.4 is 10.5 Å². The molecule has 1 aliphatic heterocycles. The average Bonchev–Trinajstić information content (AvgIpc) is 3.07. The van der Waals surface area contributed by atoms with Gasteiger partial charge in [-0.15, -0.1) is 0 Å². The number of carbonyl (C=O) groups excluding carboxylic acids is 1. The van der Waals surface area contributed by atoms with E-state index >= 15 is 0 Å². The smallest absolute Gasteiger partial charge is 0.292 e. The van der Waals surface area contributed by atoms with Gasteiger partial charge in [0.25, 0.3) is 11.5 Å². The molecule has 1 amide bonds. The number of anilines is 1. The third-order valence-corrected chi connectivity index (χ3v) is 5.70. The van der Waals surface area contributed by atoms with Crippen LogP contribution in [0, 0.1) is 0 Å². The number of aromatic nitrogens is 1. The Kier molecular flexibility index (Phi) is 3.28. The van der Waals surface area contributed by atoms with Gasteiger partial charge in [-0.1, -0.05) is 30.3 Å². The second-order valence-corrected chi connectivity index (χ2v) is 7.18. The van der Waals surface area contributed by atoms with E-state index in [9.17, 15) is 14.7 Å². The Balaban J connectivity index is 1.67. The van der Waals surface area contributed by atoms with Crippen LogP contribution in [0.5, 0.6) is 5.75 Å². The van der Waals surface area contributed by atoms with Gasteiger partial charge in [0.1, 0.15) is 0 Å². The van der Waals surface area contributed by atoms with E-state index < -0.39 is 0 Å². The van der Waals surface area contributed by atoms with E-state index in [-0.39, 0.29) is 23.1 Å². The molecule has 0 saturated carbocycles. The third-order valence-electron chi connectivity index (χ3n) is 5.70. The Bertz CT molecular complexity index is 1150. The zero-order valence-electron chi connectivity index (χ0n) is 14.8. The van der Waals surface area contributed by atoms with Gasteiger partial charge >= 0.3 is 0 Å². The number of rotatable bonds is 1. The molecule has 3 aromatic rings. The van der Waals surface area contributed by atoms with Crippen molar-refractivity contribution in [3.05, 3.63) is 81.8 Å². The molecular weight excluding hydrogens is 340 g/mol. The van der Waals surface area contributed by atoms with Gasteiger partial charge in [0, 0.05) is 42.0 Å². The van der Waals surface area contributed by atoms with Crippen molar-refractivity contribution in [3.63, 3.8) is 0 Å². The normalized spacial score (nSPS) is 16.8.